The van der Waals surface area contributed by atoms with Crippen LogP contribution in [0.25, 0.3) is 58.7 Å². The first-order valence-corrected chi connectivity index (χ1v) is 13.4. The van der Waals surface area contributed by atoms with Crippen molar-refractivity contribution in [3.05, 3.63) is 139 Å². The van der Waals surface area contributed by atoms with Crippen molar-refractivity contribution in [1.82, 2.24) is 4.57 Å². The normalized spacial score (nSPS) is 11.4. The predicted octanol–water partition coefficient (Wildman–Crippen LogP) is 10.3. The summed E-state index contributed by atoms with van der Waals surface area (Å²) in [5.74, 6) is 0. The number of thiophene rings is 1. The van der Waals surface area contributed by atoms with Gasteiger partial charge in [0.15, 0.2) is 0 Å². The van der Waals surface area contributed by atoms with E-state index in [0.717, 1.165) is 5.69 Å². The molecule has 0 radical (unpaired) electrons. The van der Waals surface area contributed by atoms with Crippen molar-refractivity contribution in [3.8, 4) is 16.8 Å². The first kappa shape index (κ1) is 21.8. The average molecular weight is 492 g/mol. The summed E-state index contributed by atoms with van der Waals surface area (Å²) >= 11 is 1.87. The third-order valence-electron chi connectivity index (χ3n) is 7.17. The lowest BCUT2D eigenvalue weighted by Gasteiger charge is -2.15. The molecule has 0 amide bonds. The Bertz CT molecular complexity index is 1970. The standard InChI is InChI=1S/C35H25NS/c1-24-10-4-2-7-13-28-22-31-27(18-21-34-35(31)30-14-8-9-15-33(30)37-34)23-32(28)36(24)29-19-16-26(17-20-29)25-11-5-3-6-12-25/h2-23H,1H3. The van der Waals surface area contributed by atoms with Crippen molar-refractivity contribution >= 4 is 53.2 Å². The molecule has 0 fully saturated rings. The Balaban J connectivity index is 1.53. The highest BCUT2D eigenvalue weighted by Gasteiger charge is 2.11. The van der Waals surface area contributed by atoms with Gasteiger partial charge < -0.3 is 4.57 Å². The van der Waals surface area contributed by atoms with Gasteiger partial charge in [-0.15, -0.1) is 11.3 Å². The van der Waals surface area contributed by atoms with Gasteiger partial charge in [-0.3, -0.25) is 0 Å². The first-order chi connectivity index (χ1) is 18.3. The summed E-state index contributed by atoms with van der Waals surface area (Å²) in [6.45, 7) is 2.18. The summed E-state index contributed by atoms with van der Waals surface area (Å²) in [6.07, 6.45) is 0. The molecular weight excluding hydrogens is 466 g/mol. The van der Waals surface area contributed by atoms with E-state index in [-0.39, 0.29) is 0 Å². The minimum absolute atomic E-state index is 1.15. The van der Waals surface area contributed by atoms with Gasteiger partial charge in [-0.25, -0.2) is 0 Å². The van der Waals surface area contributed by atoms with Crippen LogP contribution in [0.2, 0.25) is 0 Å². The van der Waals surface area contributed by atoms with Gasteiger partial charge in [-0.05, 0) is 76.7 Å². The summed E-state index contributed by atoms with van der Waals surface area (Å²) in [6, 6.07) is 48.3. The van der Waals surface area contributed by atoms with E-state index in [1.807, 2.05) is 11.3 Å². The van der Waals surface area contributed by atoms with Crippen LogP contribution in [0.5, 0.6) is 0 Å². The molecule has 0 saturated heterocycles. The second-order valence-electron chi connectivity index (χ2n) is 9.47. The van der Waals surface area contributed by atoms with E-state index in [1.54, 1.807) is 0 Å². The van der Waals surface area contributed by atoms with Gasteiger partial charge in [-0.2, -0.15) is 0 Å². The number of nitrogens with zero attached hydrogens (tertiary/aromatic N) is 1. The summed E-state index contributed by atoms with van der Waals surface area (Å²) in [4.78, 5) is 0. The van der Waals surface area contributed by atoms with E-state index in [0.29, 0.717) is 0 Å². The van der Waals surface area contributed by atoms with Crippen LogP contribution in [-0.4, -0.2) is 4.57 Å². The van der Waals surface area contributed by atoms with Crippen molar-refractivity contribution in [2.45, 2.75) is 6.92 Å². The molecule has 2 heteroatoms. The topological polar surface area (TPSA) is 4.93 Å². The Morgan fingerprint density at radius 3 is 2.05 bits per heavy atom. The van der Waals surface area contributed by atoms with Crippen LogP contribution in [-0.2, 0) is 0 Å². The van der Waals surface area contributed by atoms with Crippen molar-refractivity contribution < 1.29 is 0 Å². The van der Waals surface area contributed by atoms with E-state index in [1.165, 1.54) is 58.7 Å². The smallest absolute Gasteiger partial charge is 0.0537 e. The number of hydrogen-bond acceptors (Lipinski definition) is 1. The van der Waals surface area contributed by atoms with Crippen molar-refractivity contribution in [2.75, 3.05) is 0 Å². The lowest BCUT2D eigenvalue weighted by molar-refractivity contribution is 1.04. The molecule has 37 heavy (non-hydrogen) atoms. The van der Waals surface area contributed by atoms with Crippen LogP contribution >= 0.6 is 11.3 Å². The van der Waals surface area contributed by atoms with Gasteiger partial charge in [0.25, 0.3) is 0 Å². The van der Waals surface area contributed by atoms with E-state index >= 15 is 0 Å². The predicted molar refractivity (Wildman–Crippen MR) is 161 cm³/mol. The molecule has 0 N–H and O–H groups in total. The molecule has 2 aromatic heterocycles. The monoisotopic (exact) mass is 491 g/mol. The molecular formula is C35H25NS. The van der Waals surface area contributed by atoms with Crippen molar-refractivity contribution in [1.29, 1.82) is 0 Å². The minimum Gasteiger partial charge on any atom is -0.314 e. The molecule has 0 atom stereocenters. The highest BCUT2D eigenvalue weighted by atomic mass is 32.1. The van der Waals surface area contributed by atoms with Gasteiger partial charge >= 0.3 is 0 Å². The third kappa shape index (κ3) is 3.78. The maximum absolute atomic E-state index is 2.38. The summed E-state index contributed by atoms with van der Waals surface area (Å²) in [5.41, 5.74) is 5.97. The fraction of sp³-hybridized carbons (Fsp3) is 0.0286. The fourth-order valence-corrected chi connectivity index (χ4v) is 6.51. The second kappa shape index (κ2) is 8.92. The fourth-order valence-electron chi connectivity index (χ4n) is 5.39. The Hall–Kier alpha value is -4.40. The Morgan fingerprint density at radius 1 is 0.514 bits per heavy atom. The molecule has 0 unspecified atom stereocenters. The Morgan fingerprint density at radius 2 is 1.22 bits per heavy atom. The molecule has 0 bridgehead atoms. The van der Waals surface area contributed by atoms with Gasteiger partial charge in [0.2, 0.25) is 0 Å². The largest absolute Gasteiger partial charge is 0.314 e. The molecule has 2 heterocycles. The summed E-state index contributed by atoms with van der Waals surface area (Å²) < 4.78 is 5.05. The molecule has 7 aromatic rings. The first-order valence-electron chi connectivity index (χ1n) is 12.6. The summed E-state index contributed by atoms with van der Waals surface area (Å²) in [5, 5.41) is 6.47. The quantitative estimate of drug-likeness (QED) is 0.227. The second-order valence-corrected chi connectivity index (χ2v) is 10.6. The summed E-state index contributed by atoms with van der Waals surface area (Å²) in [7, 11) is 0. The maximum atomic E-state index is 2.38. The third-order valence-corrected chi connectivity index (χ3v) is 8.30. The van der Waals surface area contributed by atoms with Gasteiger partial charge in [0.1, 0.15) is 0 Å². The number of hydrogen-bond donors (Lipinski definition) is 0. The van der Waals surface area contributed by atoms with Crippen molar-refractivity contribution in [2.24, 2.45) is 0 Å². The SMILES string of the molecule is Cc1cccccc2cc3c(ccc4sc5ccccc5c43)cc2n1-c1ccc(-c2ccccc2)cc1. The molecule has 0 aliphatic rings. The minimum atomic E-state index is 1.15. The van der Waals surface area contributed by atoms with Crippen LogP contribution in [0.15, 0.2) is 133 Å². The highest BCUT2D eigenvalue weighted by Crippen LogP contribution is 2.39. The van der Waals surface area contributed by atoms with Gasteiger partial charge in [0.05, 0.1) is 5.52 Å². The van der Waals surface area contributed by atoms with Gasteiger partial charge in [-0.1, -0.05) is 91.0 Å². The lowest BCUT2D eigenvalue weighted by atomic mass is 10.0. The van der Waals surface area contributed by atoms with Gasteiger partial charge in [0, 0.05) is 31.6 Å². The van der Waals surface area contributed by atoms with E-state index < -0.39 is 0 Å². The number of aryl methyl sites for hydroxylation is 1. The Labute approximate surface area is 220 Å². The number of fused-ring (bicyclic) bond motifs is 6. The van der Waals surface area contributed by atoms with E-state index in [4.69, 9.17) is 0 Å². The number of benzene rings is 5. The number of aromatic nitrogens is 1. The average Bonchev–Trinajstić information content (AvgIpc) is 3.35. The van der Waals surface area contributed by atoms with Crippen LogP contribution < -0.4 is 0 Å². The van der Waals surface area contributed by atoms with Crippen molar-refractivity contribution in [3.63, 3.8) is 0 Å². The Kier molecular flexibility index (Phi) is 5.27. The zero-order valence-electron chi connectivity index (χ0n) is 20.6. The van der Waals surface area contributed by atoms with Crippen LogP contribution in [0.3, 0.4) is 0 Å². The molecule has 5 aromatic carbocycles. The highest BCUT2D eigenvalue weighted by molar-refractivity contribution is 7.26. The van der Waals surface area contributed by atoms with E-state index in [2.05, 4.69) is 145 Å². The molecule has 0 aliphatic carbocycles. The molecule has 176 valence electrons. The molecule has 7 rings (SSSR count). The van der Waals surface area contributed by atoms with Crippen LogP contribution in [0.1, 0.15) is 5.69 Å². The van der Waals surface area contributed by atoms with Crippen LogP contribution in [0.4, 0.5) is 0 Å². The van der Waals surface area contributed by atoms with Crippen LogP contribution in [0, 0.1) is 6.92 Å². The molecule has 1 nitrogen and oxygen atoms in total. The molecule has 0 aliphatic heterocycles. The van der Waals surface area contributed by atoms with E-state index in [9.17, 15) is 0 Å². The lowest BCUT2D eigenvalue weighted by Crippen LogP contribution is -2.00. The number of rotatable bonds is 2. The molecule has 0 saturated carbocycles. The maximum Gasteiger partial charge on any atom is 0.0537 e. The zero-order chi connectivity index (χ0) is 24.8. The zero-order valence-corrected chi connectivity index (χ0v) is 21.4. The molecule has 0 spiro atoms.